The van der Waals surface area contributed by atoms with Gasteiger partial charge in [0.25, 0.3) is 0 Å². The zero-order valence-electron chi connectivity index (χ0n) is 11.8. The lowest BCUT2D eigenvalue weighted by molar-refractivity contribution is 0.125. The Kier molecular flexibility index (Phi) is 4.43. The molecule has 100 valence electrons. The van der Waals surface area contributed by atoms with E-state index < -0.39 is 0 Å². The number of piperidine rings is 1. The van der Waals surface area contributed by atoms with Gasteiger partial charge < -0.3 is 5.32 Å². The molecular weight excluding hydrogens is 228 g/mol. The van der Waals surface area contributed by atoms with E-state index in [1.165, 1.54) is 39.0 Å². The molecule has 0 aliphatic carbocycles. The Morgan fingerprint density at radius 2 is 1.88 bits per heavy atom. The first-order valence-electron chi connectivity index (χ1n) is 7.08. The summed E-state index contributed by atoms with van der Waals surface area (Å²) in [6, 6.07) is 0.679. The van der Waals surface area contributed by atoms with Crippen LogP contribution in [-0.2, 0) is 0 Å². The van der Waals surface area contributed by atoms with Gasteiger partial charge in [-0.2, -0.15) is 11.8 Å². The lowest BCUT2D eigenvalue weighted by Gasteiger charge is -2.44. The van der Waals surface area contributed by atoms with Crippen molar-refractivity contribution in [3.05, 3.63) is 0 Å². The Balaban J connectivity index is 1.90. The molecule has 2 saturated heterocycles. The predicted molar refractivity (Wildman–Crippen MR) is 77.8 cm³/mol. The molecule has 2 heterocycles. The van der Waals surface area contributed by atoms with E-state index in [2.05, 4.69) is 49.7 Å². The number of thioether (sulfide) groups is 1. The van der Waals surface area contributed by atoms with E-state index in [0.29, 0.717) is 11.5 Å². The highest BCUT2D eigenvalue weighted by Gasteiger charge is 2.34. The zero-order chi connectivity index (χ0) is 12.5. The van der Waals surface area contributed by atoms with Gasteiger partial charge in [-0.05, 0) is 24.8 Å². The van der Waals surface area contributed by atoms with Gasteiger partial charge in [-0.3, -0.25) is 4.90 Å². The molecule has 2 aliphatic heterocycles. The van der Waals surface area contributed by atoms with Crippen molar-refractivity contribution in [1.29, 1.82) is 0 Å². The largest absolute Gasteiger partial charge is 0.312 e. The molecule has 0 aromatic carbocycles. The fourth-order valence-electron chi connectivity index (χ4n) is 3.27. The number of nitrogens with zero attached hydrogens (tertiary/aromatic N) is 1. The zero-order valence-corrected chi connectivity index (χ0v) is 12.6. The lowest BCUT2D eigenvalue weighted by atomic mass is 9.77. The van der Waals surface area contributed by atoms with Crippen molar-refractivity contribution in [2.45, 2.75) is 57.1 Å². The highest BCUT2D eigenvalue weighted by molar-refractivity contribution is 8.00. The second-order valence-electron chi connectivity index (χ2n) is 6.57. The van der Waals surface area contributed by atoms with Crippen molar-refractivity contribution in [3.8, 4) is 0 Å². The van der Waals surface area contributed by atoms with Crippen molar-refractivity contribution in [3.63, 3.8) is 0 Å². The molecule has 0 aromatic heterocycles. The van der Waals surface area contributed by atoms with Gasteiger partial charge in [0, 0.05) is 36.2 Å². The molecule has 0 spiro atoms. The molecule has 2 fully saturated rings. The third-order valence-corrected chi connectivity index (χ3v) is 5.50. The highest BCUT2D eigenvalue weighted by Crippen LogP contribution is 2.32. The van der Waals surface area contributed by atoms with E-state index in [4.69, 9.17) is 0 Å². The number of rotatable bonds is 2. The van der Waals surface area contributed by atoms with Crippen LogP contribution in [0.3, 0.4) is 0 Å². The van der Waals surface area contributed by atoms with Gasteiger partial charge >= 0.3 is 0 Å². The summed E-state index contributed by atoms with van der Waals surface area (Å²) in [5, 5.41) is 5.33. The van der Waals surface area contributed by atoms with Gasteiger partial charge in [0.1, 0.15) is 0 Å². The second-order valence-corrected chi connectivity index (χ2v) is 8.46. The van der Waals surface area contributed by atoms with E-state index in [-0.39, 0.29) is 0 Å². The van der Waals surface area contributed by atoms with Gasteiger partial charge in [0.15, 0.2) is 0 Å². The molecule has 0 aromatic rings. The van der Waals surface area contributed by atoms with Crippen LogP contribution < -0.4 is 5.32 Å². The molecule has 3 heteroatoms. The fraction of sp³-hybridized carbons (Fsp3) is 1.00. The molecule has 0 radical (unpaired) electrons. The maximum Gasteiger partial charge on any atom is 0.0246 e. The Labute approximate surface area is 111 Å². The molecule has 0 amide bonds. The standard InChI is InChI=1S/C14H28N2S/c1-11-8-16(9-12(2)17-11)10-13-14(3,4)6-5-7-15-13/h11-13,15H,5-10H2,1-4H3. The van der Waals surface area contributed by atoms with Crippen molar-refractivity contribution >= 4 is 11.8 Å². The van der Waals surface area contributed by atoms with Gasteiger partial charge in [-0.25, -0.2) is 0 Å². The smallest absolute Gasteiger partial charge is 0.0246 e. The summed E-state index contributed by atoms with van der Waals surface area (Å²) in [6.07, 6.45) is 2.71. The molecule has 3 unspecified atom stereocenters. The average molecular weight is 256 g/mol. The molecule has 2 rings (SSSR count). The van der Waals surface area contributed by atoms with E-state index in [0.717, 1.165) is 10.5 Å². The van der Waals surface area contributed by atoms with Crippen molar-refractivity contribution in [2.24, 2.45) is 5.41 Å². The molecule has 3 atom stereocenters. The molecule has 0 saturated carbocycles. The molecule has 1 N–H and O–H groups in total. The summed E-state index contributed by atoms with van der Waals surface area (Å²) in [5.74, 6) is 0. The van der Waals surface area contributed by atoms with Gasteiger partial charge in [-0.15, -0.1) is 0 Å². The van der Waals surface area contributed by atoms with E-state index in [9.17, 15) is 0 Å². The van der Waals surface area contributed by atoms with Crippen LogP contribution in [0.5, 0.6) is 0 Å². The topological polar surface area (TPSA) is 15.3 Å². The van der Waals surface area contributed by atoms with E-state index in [1.807, 2.05) is 0 Å². The third kappa shape index (κ3) is 3.62. The summed E-state index contributed by atoms with van der Waals surface area (Å²) < 4.78 is 0. The summed E-state index contributed by atoms with van der Waals surface area (Å²) in [6.45, 7) is 14.6. The average Bonchev–Trinajstić information content (AvgIpc) is 2.19. The maximum atomic E-state index is 3.74. The molecule has 17 heavy (non-hydrogen) atoms. The predicted octanol–water partition coefficient (Wildman–Crippen LogP) is 2.59. The normalized spacial score (nSPS) is 39.2. The van der Waals surface area contributed by atoms with Crippen molar-refractivity contribution < 1.29 is 0 Å². The molecular formula is C14H28N2S. The molecule has 0 bridgehead atoms. The minimum atomic E-state index is 0.468. The molecule has 2 nitrogen and oxygen atoms in total. The van der Waals surface area contributed by atoms with Crippen LogP contribution in [0.2, 0.25) is 0 Å². The first kappa shape index (κ1) is 13.7. The number of hydrogen-bond acceptors (Lipinski definition) is 3. The van der Waals surface area contributed by atoms with Crippen LogP contribution in [0.1, 0.15) is 40.5 Å². The maximum absolute atomic E-state index is 3.74. The third-order valence-electron chi connectivity index (χ3n) is 4.27. The van der Waals surface area contributed by atoms with Gasteiger partial charge in [0.05, 0.1) is 0 Å². The Morgan fingerprint density at radius 3 is 2.47 bits per heavy atom. The van der Waals surface area contributed by atoms with Crippen LogP contribution in [0.15, 0.2) is 0 Å². The quantitative estimate of drug-likeness (QED) is 0.817. The van der Waals surface area contributed by atoms with Crippen molar-refractivity contribution in [2.75, 3.05) is 26.2 Å². The summed E-state index contributed by atoms with van der Waals surface area (Å²) in [4.78, 5) is 2.68. The monoisotopic (exact) mass is 256 g/mol. The lowest BCUT2D eigenvalue weighted by Crippen LogP contribution is -2.55. The van der Waals surface area contributed by atoms with Crippen LogP contribution >= 0.6 is 11.8 Å². The van der Waals surface area contributed by atoms with Crippen LogP contribution in [0.25, 0.3) is 0 Å². The summed E-state index contributed by atoms with van der Waals surface area (Å²) in [5.41, 5.74) is 0.468. The SMILES string of the molecule is CC1CN(CC2NCCCC2(C)C)CC(C)S1. The van der Waals surface area contributed by atoms with Crippen LogP contribution in [0, 0.1) is 5.41 Å². The first-order chi connectivity index (χ1) is 7.97. The number of hydrogen-bond donors (Lipinski definition) is 1. The first-order valence-corrected chi connectivity index (χ1v) is 8.03. The minimum absolute atomic E-state index is 0.468. The van der Waals surface area contributed by atoms with Crippen LogP contribution in [-0.4, -0.2) is 47.6 Å². The summed E-state index contributed by atoms with van der Waals surface area (Å²) in [7, 11) is 0. The van der Waals surface area contributed by atoms with Crippen LogP contribution in [0.4, 0.5) is 0 Å². The highest BCUT2D eigenvalue weighted by atomic mass is 32.2. The van der Waals surface area contributed by atoms with E-state index in [1.54, 1.807) is 0 Å². The number of nitrogens with one attached hydrogen (secondary N) is 1. The summed E-state index contributed by atoms with van der Waals surface area (Å²) >= 11 is 2.14. The van der Waals surface area contributed by atoms with Gasteiger partial charge in [0.2, 0.25) is 0 Å². The Morgan fingerprint density at radius 1 is 1.24 bits per heavy atom. The minimum Gasteiger partial charge on any atom is -0.312 e. The molecule has 2 aliphatic rings. The Bertz CT molecular complexity index is 245. The van der Waals surface area contributed by atoms with E-state index >= 15 is 0 Å². The van der Waals surface area contributed by atoms with Gasteiger partial charge in [-0.1, -0.05) is 27.7 Å². The fourth-order valence-corrected chi connectivity index (χ4v) is 4.66. The second kappa shape index (κ2) is 5.50. The van der Waals surface area contributed by atoms with Crippen molar-refractivity contribution in [1.82, 2.24) is 10.2 Å². The Hall–Kier alpha value is 0.270.